The Morgan fingerprint density at radius 3 is 2.48 bits per heavy atom. The maximum Gasteiger partial charge on any atom is 0.337 e. The number of anilines is 1. The number of sulfonamides is 1. The highest BCUT2D eigenvalue weighted by molar-refractivity contribution is 7.92. The molecule has 122 valence electrons. The van der Waals surface area contributed by atoms with Crippen LogP contribution in [0.1, 0.15) is 10.4 Å². The molecule has 0 amide bonds. The van der Waals surface area contributed by atoms with Crippen LogP contribution < -0.4 is 4.72 Å². The number of benzene rings is 2. The predicted molar refractivity (Wildman–Crippen MR) is 80.0 cm³/mol. The van der Waals surface area contributed by atoms with Crippen molar-refractivity contribution in [1.29, 1.82) is 0 Å². The van der Waals surface area contributed by atoms with E-state index in [1.165, 1.54) is 12.1 Å². The number of rotatable bonds is 4. The summed E-state index contributed by atoms with van der Waals surface area (Å²) < 4.78 is 57.5. The largest absolute Gasteiger partial charge is 0.465 e. The van der Waals surface area contributed by atoms with E-state index in [-0.39, 0.29) is 10.6 Å². The minimum Gasteiger partial charge on any atom is -0.465 e. The Hall–Kier alpha value is -2.19. The van der Waals surface area contributed by atoms with Crippen LogP contribution in [0.15, 0.2) is 41.3 Å². The van der Waals surface area contributed by atoms with Gasteiger partial charge in [-0.1, -0.05) is 11.6 Å². The van der Waals surface area contributed by atoms with E-state index < -0.39 is 38.2 Å². The van der Waals surface area contributed by atoms with E-state index in [1.807, 2.05) is 4.72 Å². The lowest BCUT2D eigenvalue weighted by atomic mass is 10.2. The van der Waals surface area contributed by atoms with Crippen LogP contribution in [0.3, 0.4) is 0 Å². The standard InChI is InChI=1S/C14H10ClF2NO4S/c1-22-14(19)8-2-4-10(15)13(6-8)23(20,21)18-12-5-3-9(16)7-11(12)17/h2-7,18H,1H3. The minimum absolute atomic E-state index is 0.0446. The average molecular weight is 362 g/mol. The molecule has 9 heteroatoms. The number of ether oxygens (including phenoxy) is 1. The van der Waals surface area contributed by atoms with Gasteiger partial charge in [-0.2, -0.15) is 0 Å². The fraction of sp³-hybridized carbons (Fsp3) is 0.0714. The molecule has 0 fully saturated rings. The van der Waals surface area contributed by atoms with Crippen LogP contribution in [0.5, 0.6) is 0 Å². The highest BCUT2D eigenvalue weighted by Gasteiger charge is 2.22. The van der Waals surface area contributed by atoms with Crippen molar-refractivity contribution in [2.24, 2.45) is 0 Å². The number of nitrogens with one attached hydrogen (secondary N) is 1. The molecule has 1 N–H and O–H groups in total. The molecule has 5 nitrogen and oxygen atoms in total. The average Bonchev–Trinajstić information content (AvgIpc) is 2.49. The lowest BCUT2D eigenvalue weighted by Gasteiger charge is -2.11. The van der Waals surface area contributed by atoms with Gasteiger partial charge in [0.1, 0.15) is 16.5 Å². The van der Waals surface area contributed by atoms with Gasteiger partial charge in [-0.3, -0.25) is 4.72 Å². The van der Waals surface area contributed by atoms with E-state index in [1.54, 1.807) is 0 Å². The Morgan fingerprint density at radius 2 is 1.87 bits per heavy atom. The summed E-state index contributed by atoms with van der Waals surface area (Å²) in [4.78, 5) is 11.0. The molecular formula is C14H10ClF2NO4S. The monoisotopic (exact) mass is 361 g/mol. The Bertz CT molecular complexity index is 871. The first-order valence-electron chi connectivity index (χ1n) is 6.10. The quantitative estimate of drug-likeness (QED) is 0.849. The van der Waals surface area contributed by atoms with Crippen LogP contribution in [0.4, 0.5) is 14.5 Å². The van der Waals surface area contributed by atoms with Gasteiger partial charge >= 0.3 is 5.97 Å². The fourth-order valence-electron chi connectivity index (χ4n) is 1.73. The summed E-state index contributed by atoms with van der Waals surface area (Å²) in [6.07, 6.45) is 0. The van der Waals surface area contributed by atoms with E-state index in [4.69, 9.17) is 11.6 Å². The third-order valence-corrected chi connectivity index (χ3v) is 4.66. The topological polar surface area (TPSA) is 72.5 Å². The van der Waals surface area contributed by atoms with Crippen molar-refractivity contribution in [3.05, 3.63) is 58.6 Å². The third kappa shape index (κ3) is 3.77. The molecule has 0 heterocycles. The zero-order valence-electron chi connectivity index (χ0n) is 11.6. The van der Waals surface area contributed by atoms with E-state index in [0.29, 0.717) is 6.07 Å². The first kappa shape index (κ1) is 17.2. The first-order valence-corrected chi connectivity index (χ1v) is 7.96. The van der Waals surface area contributed by atoms with E-state index in [2.05, 4.69) is 4.74 Å². The SMILES string of the molecule is COC(=O)c1ccc(Cl)c(S(=O)(=O)Nc2ccc(F)cc2F)c1. The van der Waals surface area contributed by atoms with Crippen LogP contribution in [0, 0.1) is 11.6 Å². The normalized spacial score (nSPS) is 11.1. The van der Waals surface area contributed by atoms with E-state index >= 15 is 0 Å². The lowest BCUT2D eigenvalue weighted by molar-refractivity contribution is 0.0600. The highest BCUT2D eigenvalue weighted by Crippen LogP contribution is 2.26. The van der Waals surface area contributed by atoms with Crippen molar-refractivity contribution in [1.82, 2.24) is 0 Å². The van der Waals surface area contributed by atoms with Crippen molar-refractivity contribution in [2.45, 2.75) is 4.90 Å². The predicted octanol–water partition coefficient (Wildman–Crippen LogP) is 3.21. The van der Waals surface area contributed by atoms with Crippen molar-refractivity contribution >= 4 is 33.3 Å². The summed E-state index contributed by atoms with van der Waals surface area (Å²) in [5.41, 5.74) is -0.497. The first-order chi connectivity index (χ1) is 10.7. The molecule has 2 aromatic carbocycles. The molecule has 2 aromatic rings. The number of hydrogen-bond acceptors (Lipinski definition) is 4. The fourth-order valence-corrected chi connectivity index (χ4v) is 3.32. The van der Waals surface area contributed by atoms with Crippen molar-refractivity contribution in [3.8, 4) is 0 Å². The van der Waals surface area contributed by atoms with Gasteiger partial charge in [-0.05, 0) is 30.3 Å². The highest BCUT2D eigenvalue weighted by atomic mass is 35.5. The summed E-state index contributed by atoms with van der Waals surface area (Å²) in [5, 5.41) is -0.173. The minimum atomic E-state index is -4.30. The summed E-state index contributed by atoms with van der Waals surface area (Å²) in [5.74, 6) is -2.70. The van der Waals surface area contributed by atoms with Gasteiger partial charge in [0.2, 0.25) is 0 Å². The van der Waals surface area contributed by atoms with Crippen LogP contribution in [-0.2, 0) is 14.8 Å². The maximum absolute atomic E-state index is 13.6. The number of hydrogen-bond donors (Lipinski definition) is 1. The number of carbonyl (C=O) groups excluding carboxylic acids is 1. The van der Waals surface area contributed by atoms with Gasteiger partial charge in [-0.25, -0.2) is 22.0 Å². The number of carbonyl (C=O) groups is 1. The lowest BCUT2D eigenvalue weighted by Crippen LogP contribution is -2.15. The van der Waals surface area contributed by atoms with Gasteiger partial charge < -0.3 is 4.74 Å². The maximum atomic E-state index is 13.6. The zero-order valence-corrected chi connectivity index (χ0v) is 13.2. The Kier molecular flexibility index (Phi) is 4.86. The molecule has 0 aliphatic carbocycles. The Morgan fingerprint density at radius 1 is 1.17 bits per heavy atom. The molecule has 0 saturated carbocycles. The summed E-state index contributed by atoms with van der Waals surface area (Å²) in [6.45, 7) is 0. The van der Waals surface area contributed by atoms with Crippen molar-refractivity contribution < 1.29 is 26.7 Å². The van der Waals surface area contributed by atoms with Gasteiger partial charge in [0.05, 0.1) is 23.4 Å². The molecule has 23 heavy (non-hydrogen) atoms. The smallest absolute Gasteiger partial charge is 0.337 e. The number of methoxy groups -OCH3 is 1. The van der Waals surface area contributed by atoms with Crippen LogP contribution in [-0.4, -0.2) is 21.5 Å². The molecule has 0 unspecified atom stereocenters. The molecule has 0 aliphatic rings. The van der Waals surface area contributed by atoms with Gasteiger partial charge in [0.25, 0.3) is 10.0 Å². The van der Waals surface area contributed by atoms with E-state index in [9.17, 15) is 22.0 Å². The molecule has 0 bridgehead atoms. The third-order valence-electron chi connectivity index (χ3n) is 2.82. The second-order valence-electron chi connectivity index (χ2n) is 4.37. The van der Waals surface area contributed by atoms with Crippen molar-refractivity contribution in [3.63, 3.8) is 0 Å². The second-order valence-corrected chi connectivity index (χ2v) is 6.42. The number of halogens is 3. The van der Waals surface area contributed by atoms with Crippen LogP contribution >= 0.6 is 11.6 Å². The summed E-state index contributed by atoms with van der Waals surface area (Å²) in [6, 6.07) is 5.84. The Labute approximate surface area is 135 Å². The van der Waals surface area contributed by atoms with Gasteiger partial charge in [0.15, 0.2) is 0 Å². The van der Waals surface area contributed by atoms with Gasteiger partial charge in [-0.15, -0.1) is 0 Å². The summed E-state index contributed by atoms with van der Waals surface area (Å²) >= 11 is 5.83. The molecule has 0 spiro atoms. The van der Waals surface area contributed by atoms with Gasteiger partial charge in [0, 0.05) is 6.07 Å². The molecule has 0 saturated heterocycles. The molecular weight excluding hydrogens is 352 g/mol. The molecule has 2 rings (SSSR count). The van der Waals surface area contributed by atoms with E-state index in [0.717, 1.165) is 25.3 Å². The zero-order chi connectivity index (χ0) is 17.2. The number of esters is 1. The molecule has 0 aliphatic heterocycles. The molecule has 0 radical (unpaired) electrons. The van der Waals surface area contributed by atoms with Crippen LogP contribution in [0.2, 0.25) is 5.02 Å². The van der Waals surface area contributed by atoms with Crippen LogP contribution in [0.25, 0.3) is 0 Å². The summed E-state index contributed by atoms with van der Waals surface area (Å²) in [7, 11) is -3.16. The second kappa shape index (κ2) is 6.51. The van der Waals surface area contributed by atoms with Crippen molar-refractivity contribution in [2.75, 3.05) is 11.8 Å². The molecule has 0 aromatic heterocycles. The Balaban J connectivity index is 2.45. The molecule has 0 atom stereocenters.